The standard InChI is InChI=1S/C14H13N5O/c1-9-2-4-10(5-3-9)19(20)13(15)11-6-7-16-14-12(11)17-8-18-14/h2-8,15,20H,1H3,(H,16,17,18). The highest BCUT2D eigenvalue weighted by Gasteiger charge is 2.15. The number of aromatic amines is 1. The first kappa shape index (κ1) is 12.3. The minimum absolute atomic E-state index is 0.0366. The summed E-state index contributed by atoms with van der Waals surface area (Å²) in [5.41, 5.74) is 3.31. The Kier molecular flexibility index (Phi) is 2.92. The molecule has 0 fully saturated rings. The second-order valence-corrected chi connectivity index (χ2v) is 4.46. The summed E-state index contributed by atoms with van der Waals surface area (Å²) in [6, 6.07) is 8.94. The molecule has 0 amide bonds. The molecule has 0 aliphatic heterocycles. The Morgan fingerprint density at radius 1 is 1.20 bits per heavy atom. The Balaban J connectivity index is 1.99. The van der Waals surface area contributed by atoms with Crippen molar-refractivity contribution in [3.63, 3.8) is 0 Å². The topological polar surface area (TPSA) is 88.9 Å². The van der Waals surface area contributed by atoms with Crippen LogP contribution in [0.15, 0.2) is 42.9 Å². The summed E-state index contributed by atoms with van der Waals surface area (Å²) >= 11 is 0. The molecule has 6 nitrogen and oxygen atoms in total. The smallest absolute Gasteiger partial charge is 0.178 e. The van der Waals surface area contributed by atoms with Crippen molar-refractivity contribution in [2.45, 2.75) is 6.92 Å². The van der Waals surface area contributed by atoms with Crippen LogP contribution in [0.3, 0.4) is 0 Å². The fraction of sp³-hybridized carbons (Fsp3) is 0.0714. The lowest BCUT2D eigenvalue weighted by atomic mass is 10.2. The van der Waals surface area contributed by atoms with Gasteiger partial charge < -0.3 is 4.98 Å². The van der Waals surface area contributed by atoms with Gasteiger partial charge >= 0.3 is 0 Å². The number of hydrogen-bond acceptors (Lipinski definition) is 4. The molecule has 0 radical (unpaired) electrons. The number of pyridine rings is 1. The molecule has 0 spiro atoms. The number of hydrogen-bond donors (Lipinski definition) is 3. The quantitative estimate of drug-likeness (QED) is 0.378. The lowest BCUT2D eigenvalue weighted by molar-refractivity contribution is 0.312. The van der Waals surface area contributed by atoms with Crippen molar-refractivity contribution in [1.82, 2.24) is 15.0 Å². The van der Waals surface area contributed by atoms with Crippen molar-refractivity contribution in [2.24, 2.45) is 0 Å². The van der Waals surface area contributed by atoms with Crippen molar-refractivity contribution < 1.29 is 5.21 Å². The van der Waals surface area contributed by atoms with E-state index in [1.54, 1.807) is 24.4 Å². The molecule has 0 saturated carbocycles. The predicted octanol–water partition coefficient (Wildman–Crippen LogP) is 2.49. The number of hydroxylamine groups is 1. The van der Waals surface area contributed by atoms with E-state index >= 15 is 0 Å². The van der Waals surface area contributed by atoms with E-state index in [1.807, 2.05) is 19.1 Å². The second kappa shape index (κ2) is 4.75. The summed E-state index contributed by atoms with van der Waals surface area (Å²) in [5.74, 6) is -0.0366. The number of rotatable bonds is 2. The monoisotopic (exact) mass is 267 g/mol. The number of fused-ring (bicyclic) bond motifs is 1. The number of nitrogens with zero attached hydrogens (tertiary/aromatic N) is 3. The Morgan fingerprint density at radius 3 is 2.70 bits per heavy atom. The van der Waals surface area contributed by atoms with Crippen LogP contribution in [-0.2, 0) is 0 Å². The van der Waals surface area contributed by atoms with Crippen molar-refractivity contribution in [2.75, 3.05) is 5.06 Å². The summed E-state index contributed by atoms with van der Waals surface area (Å²) in [6.07, 6.45) is 3.08. The maximum Gasteiger partial charge on any atom is 0.178 e. The zero-order chi connectivity index (χ0) is 14.1. The molecule has 0 bridgehead atoms. The zero-order valence-electron chi connectivity index (χ0n) is 10.8. The fourth-order valence-corrected chi connectivity index (χ4v) is 1.98. The maximum atomic E-state index is 10.2. The molecule has 1 aromatic carbocycles. The van der Waals surface area contributed by atoms with Gasteiger partial charge in [0, 0.05) is 11.8 Å². The van der Waals surface area contributed by atoms with Crippen molar-refractivity contribution in [3.8, 4) is 0 Å². The average Bonchev–Trinajstić information content (AvgIpc) is 2.95. The van der Waals surface area contributed by atoms with Gasteiger partial charge in [-0.15, -0.1) is 0 Å². The van der Waals surface area contributed by atoms with E-state index < -0.39 is 0 Å². The molecule has 2 heterocycles. The summed E-state index contributed by atoms with van der Waals surface area (Å²) in [5, 5.41) is 19.2. The molecule has 3 rings (SSSR count). The van der Waals surface area contributed by atoms with Gasteiger partial charge in [-0.25, -0.2) is 15.0 Å². The fourth-order valence-electron chi connectivity index (χ4n) is 1.98. The van der Waals surface area contributed by atoms with Gasteiger partial charge in [-0.2, -0.15) is 0 Å². The van der Waals surface area contributed by atoms with Gasteiger partial charge in [-0.1, -0.05) is 17.7 Å². The van der Waals surface area contributed by atoms with Crippen molar-refractivity contribution in [1.29, 1.82) is 5.41 Å². The Labute approximate surface area is 115 Å². The third kappa shape index (κ3) is 2.02. The number of benzene rings is 1. The van der Waals surface area contributed by atoms with Crippen LogP contribution in [0, 0.1) is 12.3 Å². The Morgan fingerprint density at radius 2 is 1.95 bits per heavy atom. The summed E-state index contributed by atoms with van der Waals surface area (Å²) < 4.78 is 0. The predicted molar refractivity (Wildman–Crippen MR) is 76.2 cm³/mol. The molecule has 2 aromatic heterocycles. The van der Waals surface area contributed by atoms with E-state index in [2.05, 4.69) is 15.0 Å². The van der Waals surface area contributed by atoms with Crippen LogP contribution in [-0.4, -0.2) is 26.0 Å². The van der Waals surface area contributed by atoms with Crippen LogP contribution in [0.2, 0.25) is 0 Å². The highest BCUT2D eigenvalue weighted by atomic mass is 16.5. The second-order valence-electron chi connectivity index (χ2n) is 4.46. The summed E-state index contributed by atoms with van der Waals surface area (Å²) in [7, 11) is 0. The SMILES string of the molecule is Cc1ccc(N(O)C(=N)c2ccnc3nc[nH]c23)cc1. The molecule has 3 N–H and O–H groups in total. The molecule has 0 aliphatic rings. The third-order valence-corrected chi connectivity index (χ3v) is 3.07. The number of imidazole rings is 1. The highest BCUT2D eigenvalue weighted by molar-refractivity contribution is 6.12. The lowest BCUT2D eigenvalue weighted by Gasteiger charge is -2.18. The molecular formula is C14H13N5O. The van der Waals surface area contributed by atoms with Gasteiger partial charge in [0.25, 0.3) is 0 Å². The van der Waals surface area contributed by atoms with E-state index in [-0.39, 0.29) is 5.84 Å². The number of aryl methyl sites for hydroxylation is 1. The molecule has 3 aromatic rings. The maximum absolute atomic E-state index is 10.2. The van der Waals surface area contributed by atoms with Gasteiger partial charge in [0.2, 0.25) is 0 Å². The number of nitrogens with one attached hydrogen (secondary N) is 2. The lowest BCUT2D eigenvalue weighted by Crippen LogP contribution is -2.27. The zero-order valence-corrected chi connectivity index (χ0v) is 10.8. The normalized spacial score (nSPS) is 10.7. The van der Waals surface area contributed by atoms with Gasteiger partial charge in [0.05, 0.1) is 17.5 Å². The molecular weight excluding hydrogens is 254 g/mol. The number of H-pyrrole nitrogens is 1. The first-order valence-electron chi connectivity index (χ1n) is 6.09. The molecule has 0 atom stereocenters. The summed E-state index contributed by atoms with van der Waals surface area (Å²) in [6.45, 7) is 1.97. The number of aromatic nitrogens is 3. The number of amidine groups is 1. The minimum atomic E-state index is -0.0366. The molecule has 0 aliphatic carbocycles. The Bertz CT molecular complexity index is 763. The first-order valence-corrected chi connectivity index (χ1v) is 6.09. The molecule has 6 heteroatoms. The van der Waals surface area contributed by atoms with Crippen molar-refractivity contribution >= 4 is 22.7 Å². The first-order chi connectivity index (χ1) is 9.66. The van der Waals surface area contributed by atoms with Gasteiger partial charge in [0.15, 0.2) is 11.5 Å². The molecule has 20 heavy (non-hydrogen) atoms. The van der Waals surface area contributed by atoms with Gasteiger partial charge in [-0.05, 0) is 25.1 Å². The third-order valence-electron chi connectivity index (χ3n) is 3.07. The highest BCUT2D eigenvalue weighted by Crippen LogP contribution is 2.19. The average molecular weight is 267 g/mol. The van der Waals surface area contributed by atoms with Gasteiger partial charge in [-0.3, -0.25) is 10.6 Å². The van der Waals surface area contributed by atoms with E-state index in [0.29, 0.717) is 22.4 Å². The molecule has 0 saturated heterocycles. The summed E-state index contributed by atoms with van der Waals surface area (Å²) in [4.78, 5) is 11.1. The van der Waals surface area contributed by atoms with Crippen LogP contribution in [0.1, 0.15) is 11.1 Å². The van der Waals surface area contributed by atoms with Crippen molar-refractivity contribution in [3.05, 3.63) is 54.0 Å². The number of anilines is 1. The van der Waals surface area contributed by atoms with Crippen LogP contribution in [0.25, 0.3) is 11.2 Å². The molecule has 0 unspecified atom stereocenters. The van der Waals surface area contributed by atoms with E-state index in [4.69, 9.17) is 5.41 Å². The van der Waals surface area contributed by atoms with Crippen LogP contribution in [0.5, 0.6) is 0 Å². The van der Waals surface area contributed by atoms with E-state index in [9.17, 15) is 5.21 Å². The van der Waals surface area contributed by atoms with Crippen LogP contribution in [0.4, 0.5) is 5.69 Å². The minimum Gasteiger partial charge on any atom is -0.343 e. The Hall–Kier alpha value is -2.73. The molecule has 100 valence electrons. The largest absolute Gasteiger partial charge is 0.343 e. The van der Waals surface area contributed by atoms with E-state index in [0.717, 1.165) is 10.6 Å². The van der Waals surface area contributed by atoms with Crippen LogP contribution < -0.4 is 5.06 Å². The van der Waals surface area contributed by atoms with Gasteiger partial charge in [0.1, 0.15) is 0 Å². The van der Waals surface area contributed by atoms with Crippen LogP contribution >= 0.6 is 0 Å². The van der Waals surface area contributed by atoms with E-state index in [1.165, 1.54) is 6.33 Å².